The molecule has 4 heteroatoms. The van der Waals surface area contributed by atoms with Crippen LogP contribution in [0.3, 0.4) is 0 Å². The van der Waals surface area contributed by atoms with E-state index < -0.39 is 5.41 Å². The second-order valence-electron chi connectivity index (χ2n) is 15.6. The lowest BCUT2D eigenvalue weighted by molar-refractivity contribution is 0.693. The van der Waals surface area contributed by atoms with Crippen molar-refractivity contribution in [2.24, 2.45) is 0 Å². The van der Waals surface area contributed by atoms with Crippen LogP contribution in [0.5, 0.6) is 0 Å². The van der Waals surface area contributed by atoms with Crippen molar-refractivity contribution in [3.8, 4) is 45.0 Å². The Morgan fingerprint density at radius 2 is 0.500 bits per heavy atom. The van der Waals surface area contributed by atoms with E-state index in [1.165, 1.54) is 16.7 Å². The number of hydrogen-bond donors (Lipinski definition) is 0. The molecule has 0 radical (unpaired) electrons. The molecule has 0 spiro atoms. The number of rotatable bonds is 7. The number of benzene rings is 7. The largest absolute Gasteiger partial charge is 0.245 e. The summed E-state index contributed by atoms with van der Waals surface area (Å²) in [7, 11) is 0. The molecule has 0 unspecified atom stereocenters. The van der Waals surface area contributed by atoms with Gasteiger partial charge in [0.1, 0.15) is 0 Å². The fourth-order valence-electron chi connectivity index (χ4n) is 8.62. The molecule has 0 bridgehead atoms. The van der Waals surface area contributed by atoms with Crippen LogP contribution in [0.25, 0.3) is 88.6 Å². The molecule has 282 valence electrons. The summed E-state index contributed by atoms with van der Waals surface area (Å²) in [5.41, 5.74) is 14.8. The van der Waals surface area contributed by atoms with Gasteiger partial charge in [0.15, 0.2) is 0 Å². The first kappa shape index (κ1) is 35.4. The number of aromatic nitrogens is 4. The van der Waals surface area contributed by atoms with Crippen LogP contribution in [-0.2, 0) is 5.41 Å². The van der Waals surface area contributed by atoms with Gasteiger partial charge >= 0.3 is 0 Å². The molecule has 60 heavy (non-hydrogen) atoms. The third kappa shape index (κ3) is 6.18. The minimum Gasteiger partial charge on any atom is -0.245 e. The normalized spacial score (nSPS) is 11.8. The van der Waals surface area contributed by atoms with Crippen molar-refractivity contribution < 1.29 is 0 Å². The highest BCUT2D eigenvalue weighted by atomic mass is 14.8. The summed E-state index contributed by atoms with van der Waals surface area (Å²) in [6.07, 6.45) is 0. The highest BCUT2D eigenvalue weighted by molar-refractivity contribution is 6.05. The summed E-state index contributed by atoms with van der Waals surface area (Å²) < 4.78 is 0. The van der Waals surface area contributed by atoms with Crippen LogP contribution >= 0.6 is 0 Å². The SMILES string of the molecule is CC(c1ccccc1)(c1ccc(-c2ccc3ccc4ccc(-c5ccccc5)nc4c3n2)cc1)c1ccc(-c2ccc3ccc4ccc(-c5ccccc5)nc4c3n2)cc1. The first-order valence-electron chi connectivity index (χ1n) is 20.4. The maximum absolute atomic E-state index is 5.24. The molecule has 0 aliphatic rings. The third-order valence-corrected chi connectivity index (χ3v) is 12.0. The third-order valence-electron chi connectivity index (χ3n) is 12.0. The lowest BCUT2D eigenvalue weighted by Crippen LogP contribution is -2.25. The second-order valence-corrected chi connectivity index (χ2v) is 15.6. The summed E-state index contributed by atoms with van der Waals surface area (Å²) in [5.74, 6) is 0. The lowest BCUT2D eigenvalue weighted by Gasteiger charge is -2.32. The van der Waals surface area contributed by atoms with Crippen LogP contribution in [0.4, 0.5) is 0 Å². The van der Waals surface area contributed by atoms with Crippen molar-refractivity contribution in [3.05, 3.63) is 229 Å². The fourth-order valence-corrected chi connectivity index (χ4v) is 8.62. The summed E-state index contributed by atoms with van der Waals surface area (Å²) in [6.45, 7) is 2.32. The predicted molar refractivity (Wildman–Crippen MR) is 248 cm³/mol. The zero-order valence-corrected chi connectivity index (χ0v) is 33.0. The molecule has 0 N–H and O–H groups in total. The molecule has 0 saturated carbocycles. The second kappa shape index (κ2) is 14.5. The molecular weight excluding hydrogens is 729 g/mol. The van der Waals surface area contributed by atoms with Gasteiger partial charge in [0.05, 0.1) is 44.8 Å². The highest BCUT2D eigenvalue weighted by Crippen LogP contribution is 2.41. The Morgan fingerprint density at radius 1 is 0.250 bits per heavy atom. The first-order valence-corrected chi connectivity index (χ1v) is 20.4. The van der Waals surface area contributed by atoms with Gasteiger partial charge in [0.25, 0.3) is 0 Å². The average molecular weight is 767 g/mol. The molecule has 4 heterocycles. The minimum absolute atomic E-state index is 0.423. The molecule has 0 aliphatic carbocycles. The lowest BCUT2D eigenvalue weighted by atomic mass is 9.71. The molecular formula is C56H38N4. The van der Waals surface area contributed by atoms with Crippen molar-refractivity contribution in [2.45, 2.75) is 12.3 Å². The quantitative estimate of drug-likeness (QED) is 0.120. The van der Waals surface area contributed by atoms with Crippen LogP contribution in [-0.4, -0.2) is 19.9 Å². The molecule has 0 fully saturated rings. The number of fused-ring (bicyclic) bond motifs is 6. The van der Waals surface area contributed by atoms with E-state index in [1.54, 1.807) is 0 Å². The molecule has 0 atom stereocenters. The van der Waals surface area contributed by atoms with Crippen LogP contribution in [0.2, 0.25) is 0 Å². The van der Waals surface area contributed by atoms with E-state index in [-0.39, 0.29) is 0 Å². The topological polar surface area (TPSA) is 51.6 Å². The maximum atomic E-state index is 5.24. The van der Waals surface area contributed by atoms with Gasteiger partial charge in [-0.1, -0.05) is 188 Å². The highest BCUT2D eigenvalue weighted by Gasteiger charge is 2.31. The van der Waals surface area contributed by atoms with Gasteiger partial charge in [0, 0.05) is 49.2 Å². The van der Waals surface area contributed by atoms with Crippen LogP contribution < -0.4 is 0 Å². The Morgan fingerprint density at radius 3 is 0.817 bits per heavy atom. The molecule has 0 aliphatic heterocycles. The van der Waals surface area contributed by atoms with E-state index in [2.05, 4.69) is 183 Å². The van der Waals surface area contributed by atoms with Gasteiger partial charge in [0.2, 0.25) is 0 Å². The Balaban J connectivity index is 0.948. The Bertz CT molecular complexity index is 3140. The van der Waals surface area contributed by atoms with E-state index in [1.807, 2.05) is 36.4 Å². The molecule has 4 nitrogen and oxygen atoms in total. The average Bonchev–Trinajstić information content (AvgIpc) is 3.34. The summed E-state index contributed by atoms with van der Waals surface area (Å²) in [4.78, 5) is 20.7. The first-order chi connectivity index (χ1) is 29.6. The maximum Gasteiger partial charge on any atom is 0.0972 e. The van der Waals surface area contributed by atoms with Crippen molar-refractivity contribution in [1.29, 1.82) is 0 Å². The van der Waals surface area contributed by atoms with E-state index in [4.69, 9.17) is 19.9 Å². The summed E-state index contributed by atoms with van der Waals surface area (Å²) in [5, 5.41) is 4.29. The standard InChI is InChI=1S/C56H38N4/c1-56(45-15-9-4-10-16-45,46-29-21-39(22-30-46)50-35-27-43-19-17-41-25-33-48(37-11-5-2-6-12-37)57-52(41)54(43)59-50)47-31-23-40(24-32-47)51-36-28-44-20-18-42-26-34-49(38-13-7-3-8-14-38)58-53(42)55(44)60-51/h2-36H,1H3. The van der Waals surface area contributed by atoms with E-state index in [9.17, 15) is 0 Å². The Kier molecular flexibility index (Phi) is 8.56. The van der Waals surface area contributed by atoms with Crippen molar-refractivity contribution in [3.63, 3.8) is 0 Å². The van der Waals surface area contributed by atoms with Crippen molar-refractivity contribution in [1.82, 2.24) is 19.9 Å². The summed E-state index contributed by atoms with van der Waals surface area (Å²) >= 11 is 0. The summed E-state index contributed by atoms with van der Waals surface area (Å²) in [6, 6.07) is 74.8. The zero-order chi connectivity index (χ0) is 40.0. The van der Waals surface area contributed by atoms with E-state index in [0.717, 1.165) is 88.6 Å². The Hall–Kier alpha value is -7.82. The van der Waals surface area contributed by atoms with Gasteiger partial charge in [-0.05, 0) is 47.9 Å². The van der Waals surface area contributed by atoms with Crippen LogP contribution in [0.15, 0.2) is 212 Å². The van der Waals surface area contributed by atoms with Gasteiger partial charge in [-0.15, -0.1) is 0 Å². The predicted octanol–water partition coefficient (Wildman–Crippen LogP) is 13.9. The molecule has 0 amide bonds. The number of pyridine rings is 4. The minimum atomic E-state index is -0.423. The molecule has 11 aromatic rings. The molecule has 7 aromatic carbocycles. The molecule has 4 aromatic heterocycles. The van der Waals surface area contributed by atoms with Crippen molar-refractivity contribution >= 4 is 43.6 Å². The van der Waals surface area contributed by atoms with Crippen LogP contribution in [0, 0.1) is 0 Å². The van der Waals surface area contributed by atoms with Crippen molar-refractivity contribution in [2.75, 3.05) is 0 Å². The monoisotopic (exact) mass is 766 g/mol. The molecule has 0 saturated heterocycles. The van der Waals surface area contributed by atoms with Gasteiger partial charge in [-0.2, -0.15) is 0 Å². The van der Waals surface area contributed by atoms with Gasteiger partial charge in [-0.3, -0.25) is 0 Å². The number of hydrogen-bond acceptors (Lipinski definition) is 4. The number of nitrogens with zero attached hydrogens (tertiary/aromatic N) is 4. The zero-order valence-electron chi connectivity index (χ0n) is 33.0. The fraction of sp³-hybridized carbons (Fsp3) is 0.0357. The van der Waals surface area contributed by atoms with E-state index in [0.29, 0.717) is 0 Å². The smallest absolute Gasteiger partial charge is 0.0972 e. The molecule has 11 rings (SSSR count). The van der Waals surface area contributed by atoms with E-state index >= 15 is 0 Å². The van der Waals surface area contributed by atoms with Gasteiger partial charge < -0.3 is 0 Å². The van der Waals surface area contributed by atoms with Gasteiger partial charge in [-0.25, -0.2) is 19.9 Å². The Labute approximate surface area is 348 Å². The van der Waals surface area contributed by atoms with Crippen LogP contribution in [0.1, 0.15) is 23.6 Å².